The van der Waals surface area contributed by atoms with Gasteiger partial charge in [-0.15, -0.1) is 0 Å². The molecule has 0 aromatic heterocycles. The third-order valence-electron chi connectivity index (χ3n) is 4.25. The summed E-state index contributed by atoms with van der Waals surface area (Å²) in [4.78, 5) is 5.22. The number of nitrogens with zero attached hydrogens (tertiary/aromatic N) is 3. The van der Waals surface area contributed by atoms with Crippen molar-refractivity contribution in [1.82, 2.24) is 9.80 Å². The first kappa shape index (κ1) is 11.9. The summed E-state index contributed by atoms with van der Waals surface area (Å²) in [5, 5.41) is 8.89. The Labute approximate surface area is 99.0 Å². The van der Waals surface area contributed by atoms with Crippen LogP contribution in [0.5, 0.6) is 0 Å². The molecule has 0 N–H and O–H groups in total. The molecule has 0 aliphatic carbocycles. The lowest BCUT2D eigenvalue weighted by Gasteiger charge is -2.45. The molecule has 3 atom stereocenters. The lowest BCUT2D eigenvalue weighted by molar-refractivity contribution is 0.0278. The zero-order chi connectivity index (χ0) is 11.5. The molecular formula is C13H23N3. The Morgan fingerprint density at radius 3 is 2.94 bits per heavy atom. The molecule has 0 amide bonds. The fourth-order valence-electron chi connectivity index (χ4n) is 3.32. The van der Waals surface area contributed by atoms with E-state index < -0.39 is 0 Å². The number of hydrogen-bond acceptors (Lipinski definition) is 3. The SMILES string of the molecule is CCC(CC#N)N1CC2CCCN2CC1C. The third kappa shape index (κ3) is 2.23. The molecule has 0 aromatic carbocycles. The van der Waals surface area contributed by atoms with Crippen molar-refractivity contribution in [3.05, 3.63) is 0 Å². The van der Waals surface area contributed by atoms with E-state index in [0.717, 1.165) is 12.5 Å². The van der Waals surface area contributed by atoms with Gasteiger partial charge in [-0.05, 0) is 32.7 Å². The maximum atomic E-state index is 8.89. The van der Waals surface area contributed by atoms with Crippen molar-refractivity contribution >= 4 is 0 Å². The summed E-state index contributed by atoms with van der Waals surface area (Å²) in [5.41, 5.74) is 0. The first-order valence-electron chi connectivity index (χ1n) is 6.63. The van der Waals surface area contributed by atoms with Gasteiger partial charge in [0.1, 0.15) is 0 Å². The molecule has 2 rings (SSSR count). The van der Waals surface area contributed by atoms with Crippen LogP contribution in [0.1, 0.15) is 39.5 Å². The Bertz CT molecular complexity index is 271. The summed E-state index contributed by atoms with van der Waals surface area (Å²) in [6, 6.07) is 4.20. The second kappa shape index (κ2) is 5.16. The lowest BCUT2D eigenvalue weighted by atomic mass is 10.0. The Morgan fingerprint density at radius 2 is 2.25 bits per heavy atom. The molecule has 2 aliphatic heterocycles. The van der Waals surface area contributed by atoms with E-state index in [-0.39, 0.29) is 0 Å². The van der Waals surface area contributed by atoms with Crippen molar-refractivity contribution in [1.29, 1.82) is 5.26 Å². The van der Waals surface area contributed by atoms with Crippen LogP contribution in [0.3, 0.4) is 0 Å². The fraction of sp³-hybridized carbons (Fsp3) is 0.923. The van der Waals surface area contributed by atoms with E-state index in [1.54, 1.807) is 0 Å². The molecule has 0 radical (unpaired) electrons. The van der Waals surface area contributed by atoms with Gasteiger partial charge < -0.3 is 0 Å². The highest BCUT2D eigenvalue weighted by atomic mass is 15.3. The summed E-state index contributed by atoms with van der Waals surface area (Å²) in [6.07, 6.45) is 4.50. The van der Waals surface area contributed by atoms with Gasteiger partial charge in [0.05, 0.1) is 12.5 Å². The van der Waals surface area contributed by atoms with Gasteiger partial charge in [0.2, 0.25) is 0 Å². The van der Waals surface area contributed by atoms with Crippen molar-refractivity contribution < 1.29 is 0 Å². The molecule has 90 valence electrons. The largest absolute Gasteiger partial charge is 0.298 e. The molecule has 0 aromatic rings. The zero-order valence-electron chi connectivity index (χ0n) is 10.5. The van der Waals surface area contributed by atoms with Crippen molar-refractivity contribution in [2.24, 2.45) is 0 Å². The molecule has 2 heterocycles. The van der Waals surface area contributed by atoms with Gasteiger partial charge in [0.25, 0.3) is 0 Å². The Kier molecular flexibility index (Phi) is 3.83. The zero-order valence-corrected chi connectivity index (χ0v) is 10.5. The van der Waals surface area contributed by atoms with E-state index >= 15 is 0 Å². The summed E-state index contributed by atoms with van der Waals surface area (Å²) >= 11 is 0. The highest BCUT2D eigenvalue weighted by Crippen LogP contribution is 2.27. The molecule has 0 spiro atoms. The predicted octanol–water partition coefficient (Wildman–Crippen LogP) is 1.85. The van der Waals surface area contributed by atoms with Crippen LogP contribution in [0.25, 0.3) is 0 Å². The van der Waals surface area contributed by atoms with Gasteiger partial charge >= 0.3 is 0 Å². The normalized spacial score (nSPS) is 33.3. The highest BCUT2D eigenvalue weighted by molar-refractivity contribution is 4.94. The first-order chi connectivity index (χ1) is 7.76. The lowest BCUT2D eigenvalue weighted by Crippen LogP contribution is -2.57. The molecule has 2 aliphatic rings. The average Bonchev–Trinajstić information content (AvgIpc) is 2.72. The third-order valence-corrected chi connectivity index (χ3v) is 4.25. The van der Waals surface area contributed by atoms with E-state index in [0.29, 0.717) is 18.5 Å². The van der Waals surface area contributed by atoms with E-state index in [4.69, 9.17) is 5.26 Å². The minimum atomic E-state index is 0.475. The Balaban J connectivity index is 2.01. The second-order valence-electron chi connectivity index (χ2n) is 5.26. The maximum absolute atomic E-state index is 8.89. The molecule has 3 unspecified atom stereocenters. The topological polar surface area (TPSA) is 30.3 Å². The van der Waals surface area contributed by atoms with Crippen LogP contribution in [-0.2, 0) is 0 Å². The molecule has 0 saturated carbocycles. The molecule has 3 nitrogen and oxygen atoms in total. The first-order valence-corrected chi connectivity index (χ1v) is 6.63. The van der Waals surface area contributed by atoms with Crippen LogP contribution >= 0.6 is 0 Å². The van der Waals surface area contributed by atoms with Gasteiger partial charge in [0.15, 0.2) is 0 Å². The van der Waals surface area contributed by atoms with E-state index in [2.05, 4.69) is 29.7 Å². The molecule has 0 bridgehead atoms. The van der Waals surface area contributed by atoms with Crippen molar-refractivity contribution in [2.75, 3.05) is 19.6 Å². The summed E-state index contributed by atoms with van der Waals surface area (Å²) < 4.78 is 0. The Morgan fingerprint density at radius 1 is 1.44 bits per heavy atom. The van der Waals surface area contributed by atoms with E-state index in [9.17, 15) is 0 Å². The average molecular weight is 221 g/mol. The van der Waals surface area contributed by atoms with E-state index in [1.165, 1.54) is 32.5 Å². The van der Waals surface area contributed by atoms with Crippen molar-refractivity contribution in [2.45, 2.75) is 57.7 Å². The van der Waals surface area contributed by atoms with Crippen LogP contribution in [0, 0.1) is 11.3 Å². The van der Waals surface area contributed by atoms with E-state index in [1.807, 2.05) is 0 Å². The smallest absolute Gasteiger partial charge is 0.0638 e. The second-order valence-corrected chi connectivity index (χ2v) is 5.26. The van der Waals surface area contributed by atoms with Gasteiger partial charge in [-0.1, -0.05) is 6.92 Å². The standard InChI is InChI=1S/C13H23N3/c1-3-12(6-7-14)16-10-13-5-4-8-15(13)9-11(16)2/h11-13H,3-6,8-10H2,1-2H3. The monoisotopic (exact) mass is 221 g/mol. The summed E-state index contributed by atoms with van der Waals surface area (Å²) in [5.74, 6) is 0. The number of nitriles is 1. The van der Waals surface area contributed by atoms with Gasteiger partial charge in [-0.25, -0.2) is 0 Å². The van der Waals surface area contributed by atoms with Crippen LogP contribution in [0.2, 0.25) is 0 Å². The number of fused-ring (bicyclic) bond motifs is 1. The number of rotatable bonds is 3. The Hall–Kier alpha value is -0.590. The van der Waals surface area contributed by atoms with Crippen molar-refractivity contribution in [3.63, 3.8) is 0 Å². The van der Waals surface area contributed by atoms with Crippen LogP contribution in [0.15, 0.2) is 0 Å². The quantitative estimate of drug-likeness (QED) is 0.728. The molecule has 3 heteroatoms. The summed E-state index contributed by atoms with van der Waals surface area (Å²) in [6.45, 7) is 8.19. The van der Waals surface area contributed by atoms with Crippen LogP contribution < -0.4 is 0 Å². The summed E-state index contributed by atoms with van der Waals surface area (Å²) in [7, 11) is 0. The maximum Gasteiger partial charge on any atom is 0.0638 e. The minimum Gasteiger partial charge on any atom is -0.298 e. The molecule has 2 fully saturated rings. The van der Waals surface area contributed by atoms with Gasteiger partial charge in [-0.2, -0.15) is 5.26 Å². The predicted molar refractivity (Wildman–Crippen MR) is 65.1 cm³/mol. The number of hydrogen-bond donors (Lipinski definition) is 0. The fourth-order valence-corrected chi connectivity index (χ4v) is 3.32. The minimum absolute atomic E-state index is 0.475. The molecular weight excluding hydrogens is 198 g/mol. The van der Waals surface area contributed by atoms with Gasteiger partial charge in [0, 0.05) is 31.2 Å². The van der Waals surface area contributed by atoms with Crippen LogP contribution in [0.4, 0.5) is 0 Å². The highest BCUT2D eigenvalue weighted by Gasteiger charge is 2.36. The molecule has 16 heavy (non-hydrogen) atoms. The van der Waals surface area contributed by atoms with Gasteiger partial charge in [-0.3, -0.25) is 9.80 Å². The molecule has 2 saturated heterocycles. The van der Waals surface area contributed by atoms with Crippen LogP contribution in [-0.4, -0.2) is 47.6 Å². The van der Waals surface area contributed by atoms with Crippen molar-refractivity contribution in [3.8, 4) is 6.07 Å². The number of piperazine rings is 1.